The number of halogens is 1. The van der Waals surface area contributed by atoms with Gasteiger partial charge in [0.1, 0.15) is 5.82 Å². The fourth-order valence-corrected chi connectivity index (χ4v) is 5.69. The van der Waals surface area contributed by atoms with E-state index in [1.165, 1.54) is 12.1 Å². The Hall–Kier alpha value is -3.24. The average molecular weight is 502 g/mol. The van der Waals surface area contributed by atoms with Gasteiger partial charge in [-0.15, -0.1) is 0 Å². The molecule has 7 nitrogen and oxygen atoms in total. The predicted octanol–water partition coefficient (Wildman–Crippen LogP) is 4.44. The minimum atomic E-state index is -4.05. The van der Waals surface area contributed by atoms with Gasteiger partial charge >= 0.3 is 0 Å². The molecule has 0 unspecified atom stereocenters. The summed E-state index contributed by atoms with van der Waals surface area (Å²) in [5.74, 6) is -0.575. The highest BCUT2D eigenvalue weighted by Crippen LogP contribution is 2.37. The van der Waals surface area contributed by atoms with Crippen LogP contribution in [0.5, 0.6) is 0 Å². The second-order valence-electron chi connectivity index (χ2n) is 7.99. The molecule has 4 rings (SSSR count). The molecule has 0 saturated carbocycles. The van der Waals surface area contributed by atoms with E-state index in [0.717, 1.165) is 27.7 Å². The highest BCUT2D eigenvalue weighted by molar-refractivity contribution is 7.92. The van der Waals surface area contributed by atoms with E-state index in [9.17, 15) is 21.2 Å². The summed E-state index contributed by atoms with van der Waals surface area (Å²) >= 11 is 0. The lowest BCUT2D eigenvalue weighted by atomic mass is 9.98. The number of aryl methyl sites for hydroxylation is 1. The van der Waals surface area contributed by atoms with E-state index >= 15 is 0 Å². The van der Waals surface area contributed by atoms with Crippen molar-refractivity contribution in [2.75, 3.05) is 10.5 Å². The van der Waals surface area contributed by atoms with Crippen LogP contribution in [0.3, 0.4) is 0 Å². The van der Waals surface area contributed by atoms with Crippen LogP contribution in [0.1, 0.15) is 36.1 Å². The quantitative estimate of drug-likeness (QED) is 0.518. The number of hydrazone groups is 1. The van der Waals surface area contributed by atoms with Crippen LogP contribution >= 0.6 is 0 Å². The Morgan fingerprint density at radius 2 is 1.56 bits per heavy atom. The lowest BCUT2D eigenvalue weighted by Gasteiger charge is -2.23. The van der Waals surface area contributed by atoms with Gasteiger partial charge in [0.15, 0.2) is 0 Å². The molecule has 0 bridgehead atoms. The summed E-state index contributed by atoms with van der Waals surface area (Å²) in [5, 5.41) is 4.46. The molecular formula is C24H24FN3O4S2. The Morgan fingerprint density at radius 1 is 0.941 bits per heavy atom. The van der Waals surface area contributed by atoms with Crippen molar-refractivity contribution in [2.45, 2.75) is 31.2 Å². The fraction of sp³-hybridized carbons (Fsp3) is 0.208. The molecule has 1 aliphatic rings. The Labute approximate surface area is 199 Å². The van der Waals surface area contributed by atoms with Crippen LogP contribution in [0.2, 0.25) is 0 Å². The minimum absolute atomic E-state index is 0.0457. The van der Waals surface area contributed by atoms with Crippen LogP contribution in [0.4, 0.5) is 10.1 Å². The first-order chi connectivity index (χ1) is 16.1. The molecular weight excluding hydrogens is 477 g/mol. The van der Waals surface area contributed by atoms with Gasteiger partial charge in [-0.2, -0.15) is 17.9 Å². The first-order valence-electron chi connectivity index (χ1n) is 10.6. The topological polar surface area (TPSA) is 95.9 Å². The van der Waals surface area contributed by atoms with Crippen LogP contribution in [0.15, 0.2) is 82.8 Å². The van der Waals surface area contributed by atoms with E-state index in [4.69, 9.17) is 0 Å². The van der Waals surface area contributed by atoms with Crippen molar-refractivity contribution in [3.63, 3.8) is 0 Å². The highest BCUT2D eigenvalue weighted by Gasteiger charge is 2.37. The number of rotatable bonds is 7. The van der Waals surface area contributed by atoms with Gasteiger partial charge in [-0.1, -0.05) is 42.0 Å². The monoisotopic (exact) mass is 501 g/mol. The van der Waals surface area contributed by atoms with Gasteiger partial charge in [0, 0.05) is 12.1 Å². The summed E-state index contributed by atoms with van der Waals surface area (Å²) in [6.07, 6.45) is 0.323. The number of nitrogens with zero attached hydrogens (tertiary/aromatic N) is 2. The maximum absolute atomic E-state index is 13.4. The second kappa shape index (κ2) is 9.19. The van der Waals surface area contributed by atoms with Crippen molar-refractivity contribution in [1.82, 2.24) is 4.41 Å². The fourth-order valence-electron chi connectivity index (χ4n) is 3.62. The van der Waals surface area contributed by atoms with E-state index in [1.54, 1.807) is 31.2 Å². The molecule has 34 heavy (non-hydrogen) atoms. The average Bonchev–Trinajstić information content (AvgIpc) is 3.26. The second-order valence-corrected chi connectivity index (χ2v) is 11.8. The van der Waals surface area contributed by atoms with Gasteiger partial charge < -0.3 is 0 Å². The van der Waals surface area contributed by atoms with Crippen molar-refractivity contribution in [3.8, 4) is 0 Å². The Bertz CT molecular complexity index is 1420. The maximum Gasteiger partial charge on any atom is 0.279 e. The molecule has 0 spiro atoms. The Balaban J connectivity index is 1.71. The van der Waals surface area contributed by atoms with E-state index in [0.29, 0.717) is 23.4 Å². The van der Waals surface area contributed by atoms with E-state index in [1.807, 2.05) is 31.2 Å². The van der Waals surface area contributed by atoms with E-state index in [2.05, 4.69) is 9.82 Å². The van der Waals surface area contributed by atoms with Crippen molar-refractivity contribution >= 4 is 31.4 Å². The first-order valence-corrected chi connectivity index (χ1v) is 13.7. The van der Waals surface area contributed by atoms with Crippen LogP contribution in [0.25, 0.3) is 0 Å². The van der Waals surface area contributed by atoms with Gasteiger partial charge in [0.2, 0.25) is 10.0 Å². The molecule has 3 aromatic rings. The number of benzene rings is 3. The molecule has 1 aliphatic heterocycles. The van der Waals surface area contributed by atoms with Crippen molar-refractivity contribution in [2.24, 2.45) is 5.10 Å². The molecule has 0 fully saturated rings. The van der Waals surface area contributed by atoms with Gasteiger partial charge in [-0.05, 0) is 61.4 Å². The van der Waals surface area contributed by atoms with Crippen LogP contribution in [0, 0.1) is 12.7 Å². The Morgan fingerprint density at radius 3 is 2.15 bits per heavy atom. The zero-order valence-corrected chi connectivity index (χ0v) is 20.3. The molecule has 10 heteroatoms. The summed E-state index contributed by atoms with van der Waals surface area (Å²) in [7, 11) is -7.46. The Kier molecular flexibility index (Phi) is 6.46. The number of hydrogen-bond acceptors (Lipinski definition) is 5. The summed E-state index contributed by atoms with van der Waals surface area (Å²) in [6, 6.07) is 18.2. The molecule has 0 radical (unpaired) electrons. The molecule has 3 aromatic carbocycles. The molecule has 0 aliphatic carbocycles. The van der Waals surface area contributed by atoms with Crippen molar-refractivity contribution < 1.29 is 21.2 Å². The summed E-state index contributed by atoms with van der Waals surface area (Å²) in [4.78, 5) is -0.0552. The number of anilines is 1. The smallest absolute Gasteiger partial charge is 0.279 e. The van der Waals surface area contributed by atoms with Crippen LogP contribution in [-0.2, 0) is 20.0 Å². The predicted molar refractivity (Wildman–Crippen MR) is 130 cm³/mol. The van der Waals surface area contributed by atoms with Gasteiger partial charge in [0.05, 0.1) is 22.4 Å². The molecule has 1 N–H and O–H groups in total. The number of hydrogen-bond donors (Lipinski definition) is 1. The third-order valence-corrected chi connectivity index (χ3v) is 8.57. The number of nitrogens with one attached hydrogen (secondary N) is 1. The van der Waals surface area contributed by atoms with Crippen molar-refractivity contribution in [3.05, 3.63) is 95.3 Å². The zero-order valence-electron chi connectivity index (χ0n) is 18.6. The molecule has 1 atom stereocenters. The normalized spacial score (nSPS) is 16.4. The summed E-state index contributed by atoms with van der Waals surface area (Å²) in [6.45, 7) is 3.49. The molecule has 0 amide bonds. The lowest BCUT2D eigenvalue weighted by molar-refractivity contribution is 0.371. The molecule has 0 aromatic heterocycles. The SMILES string of the molecule is CCS(=O)(=O)Nc1ccc(C2=NN(S(=O)(=O)c3ccc(F)cc3)[C@@H](c3ccc(C)cc3)C2)cc1. The lowest BCUT2D eigenvalue weighted by Crippen LogP contribution is -2.27. The minimum Gasteiger partial charge on any atom is -0.284 e. The largest absolute Gasteiger partial charge is 0.284 e. The van der Waals surface area contributed by atoms with Crippen molar-refractivity contribution in [1.29, 1.82) is 0 Å². The third-order valence-electron chi connectivity index (χ3n) is 5.56. The van der Waals surface area contributed by atoms with Crippen LogP contribution < -0.4 is 4.72 Å². The van der Waals surface area contributed by atoms with E-state index in [-0.39, 0.29) is 10.6 Å². The van der Waals surface area contributed by atoms with Gasteiger partial charge in [0.25, 0.3) is 10.0 Å². The maximum atomic E-state index is 13.4. The standard InChI is InChI=1S/C24H24FN3O4S2/c1-3-33(29,30)27-21-12-8-18(9-13-21)23-16-24(19-6-4-17(2)5-7-19)28(26-23)34(31,32)22-14-10-20(25)11-15-22/h4-15,24,27H,3,16H2,1-2H3/t24-/m1/s1. The highest BCUT2D eigenvalue weighted by atomic mass is 32.2. The molecule has 0 saturated heterocycles. The molecule has 178 valence electrons. The summed E-state index contributed by atoms with van der Waals surface area (Å²) < 4.78 is 67.4. The van der Waals surface area contributed by atoms with E-state index < -0.39 is 31.9 Å². The van der Waals surface area contributed by atoms with Gasteiger partial charge in [-0.3, -0.25) is 4.72 Å². The number of sulfonamides is 2. The summed E-state index contributed by atoms with van der Waals surface area (Å²) in [5.41, 5.74) is 3.45. The zero-order chi connectivity index (χ0) is 24.5. The first kappa shape index (κ1) is 23.9. The third kappa shape index (κ3) is 4.97. The van der Waals surface area contributed by atoms with Gasteiger partial charge in [-0.25, -0.2) is 12.8 Å². The molecule has 1 heterocycles. The van der Waals surface area contributed by atoms with Crippen LogP contribution in [-0.4, -0.2) is 32.7 Å².